The number of rotatable bonds is 9. The zero-order valence-corrected chi connectivity index (χ0v) is 26.0. The summed E-state index contributed by atoms with van der Waals surface area (Å²) >= 11 is 8.45. The zero-order valence-electron chi connectivity index (χ0n) is 24.5. The highest BCUT2D eigenvalue weighted by Crippen LogP contribution is 2.49. The number of thiophene rings is 1. The molecule has 11 heteroatoms. The molecule has 1 atom stereocenters. The molecule has 43 heavy (non-hydrogen) atoms. The third-order valence-electron chi connectivity index (χ3n) is 8.53. The number of hydrogen-bond acceptors (Lipinski definition) is 9. The second-order valence-electron chi connectivity index (χ2n) is 11.3. The number of aliphatic imine (C=N–C) groups is 1. The first kappa shape index (κ1) is 28.2. The van der Waals surface area contributed by atoms with Gasteiger partial charge < -0.3 is 25.0 Å². The number of nitrogens with zero attached hydrogens (tertiary/aromatic N) is 5. The average molecular weight is 618 g/mol. The molecule has 3 aliphatic rings. The van der Waals surface area contributed by atoms with Crippen molar-refractivity contribution in [1.82, 2.24) is 19.6 Å². The van der Waals surface area contributed by atoms with Crippen LogP contribution in [0.4, 0.5) is 10.7 Å². The van der Waals surface area contributed by atoms with Gasteiger partial charge in [0.1, 0.15) is 29.3 Å². The number of anilines is 2. The van der Waals surface area contributed by atoms with Gasteiger partial charge in [-0.1, -0.05) is 23.7 Å². The van der Waals surface area contributed by atoms with Gasteiger partial charge in [-0.25, -0.2) is 4.99 Å². The summed E-state index contributed by atoms with van der Waals surface area (Å²) in [5, 5.41) is 13.5. The van der Waals surface area contributed by atoms with Gasteiger partial charge in [-0.3, -0.25) is 9.58 Å². The molecule has 7 rings (SSSR count). The number of ether oxygens (including phenoxy) is 2. The molecule has 0 saturated carbocycles. The van der Waals surface area contributed by atoms with Crippen molar-refractivity contribution in [2.24, 2.45) is 4.99 Å². The SMILES string of the molecule is COc1cccc(COc2ccc(NC3N=CNc4sc5c(c43)CCc3c-5cnn3CCN3CCN(C)CC3)cc2Cl)c1. The minimum atomic E-state index is -0.204. The zero-order chi connectivity index (χ0) is 29.3. The quantitative estimate of drug-likeness (QED) is 0.247. The molecule has 1 unspecified atom stereocenters. The summed E-state index contributed by atoms with van der Waals surface area (Å²) in [7, 11) is 3.86. The lowest BCUT2D eigenvalue weighted by molar-refractivity contribution is 0.148. The highest BCUT2D eigenvalue weighted by molar-refractivity contribution is 7.20. The Balaban J connectivity index is 1.05. The van der Waals surface area contributed by atoms with Crippen molar-refractivity contribution in [2.75, 3.05) is 57.5 Å². The molecule has 0 radical (unpaired) electrons. The highest BCUT2D eigenvalue weighted by Gasteiger charge is 2.32. The lowest BCUT2D eigenvalue weighted by Crippen LogP contribution is -2.45. The molecule has 2 aromatic carbocycles. The minimum absolute atomic E-state index is 0.204. The van der Waals surface area contributed by atoms with E-state index in [-0.39, 0.29) is 6.17 Å². The van der Waals surface area contributed by atoms with Gasteiger partial charge in [-0.05, 0) is 61.3 Å². The smallest absolute Gasteiger partial charge is 0.149 e. The van der Waals surface area contributed by atoms with Crippen LogP contribution in [0.1, 0.15) is 28.6 Å². The lowest BCUT2D eigenvalue weighted by Gasteiger charge is -2.32. The Morgan fingerprint density at radius 3 is 2.81 bits per heavy atom. The topological polar surface area (TPSA) is 79.2 Å². The first-order valence-corrected chi connectivity index (χ1v) is 16.0. The molecule has 1 fully saturated rings. The minimum Gasteiger partial charge on any atom is -0.497 e. The normalized spacial score (nSPS) is 18.0. The van der Waals surface area contributed by atoms with Crippen LogP contribution in [0.3, 0.4) is 0 Å². The van der Waals surface area contributed by atoms with Crippen LogP contribution in [0.5, 0.6) is 11.5 Å². The standard InChI is InChI=1S/C32H36ClN7O2S/c1-38-10-12-39(13-11-38)14-15-40-27-8-7-24-29-31(34-20-35-32(29)43-30(24)25(27)18-36-40)37-22-6-9-28(26(33)17-22)42-19-21-4-3-5-23(16-21)41-2/h3-6,9,16-18,20,31,37H,7-8,10-15,19H2,1-2H3,(H,34,35). The highest BCUT2D eigenvalue weighted by atomic mass is 35.5. The Labute approximate surface area is 261 Å². The van der Waals surface area contributed by atoms with Gasteiger partial charge in [0.05, 0.1) is 31.2 Å². The molecule has 1 aliphatic carbocycles. The number of methoxy groups -OCH3 is 1. The van der Waals surface area contributed by atoms with E-state index in [4.69, 9.17) is 31.2 Å². The maximum Gasteiger partial charge on any atom is 0.149 e. The monoisotopic (exact) mass is 617 g/mol. The molecule has 4 heterocycles. The molecule has 4 aromatic rings. The van der Waals surface area contributed by atoms with E-state index >= 15 is 0 Å². The van der Waals surface area contributed by atoms with Crippen LogP contribution in [-0.4, -0.2) is 72.8 Å². The van der Waals surface area contributed by atoms with Crippen LogP contribution in [-0.2, 0) is 26.0 Å². The van der Waals surface area contributed by atoms with Gasteiger partial charge in [-0.15, -0.1) is 11.3 Å². The maximum atomic E-state index is 6.65. The van der Waals surface area contributed by atoms with Crippen LogP contribution < -0.4 is 20.1 Å². The van der Waals surface area contributed by atoms with Crippen molar-refractivity contribution in [3.05, 3.63) is 76.1 Å². The van der Waals surface area contributed by atoms with Crippen molar-refractivity contribution in [2.45, 2.75) is 32.2 Å². The van der Waals surface area contributed by atoms with Crippen molar-refractivity contribution in [1.29, 1.82) is 0 Å². The number of halogens is 1. The van der Waals surface area contributed by atoms with Crippen LogP contribution in [0.15, 0.2) is 53.7 Å². The van der Waals surface area contributed by atoms with E-state index in [9.17, 15) is 0 Å². The van der Waals surface area contributed by atoms with Gasteiger partial charge in [0.25, 0.3) is 0 Å². The van der Waals surface area contributed by atoms with Gasteiger partial charge in [0.2, 0.25) is 0 Å². The van der Waals surface area contributed by atoms with E-state index in [0.717, 1.165) is 74.1 Å². The third kappa shape index (κ3) is 5.84. The van der Waals surface area contributed by atoms with E-state index in [1.165, 1.54) is 27.3 Å². The lowest BCUT2D eigenvalue weighted by atomic mass is 9.92. The molecule has 0 amide bonds. The summed E-state index contributed by atoms with van der Waals surface area (Å²) in [6.07, 6.45) is 5.60. The molecular formula is C32H36ClN7O2S. The number of benzene rings is 2. The number of likely N-dealkylation sites (N-methyl/N-ethyl adjacent to an activating group) is 1. The fourth-order valence-electron chi connectivity index (χ4n) is 6.09. The molecule has 0 spiro atoms. The van der Waals surface area contributed by atoms with Gasteiger partial charge in [0.15, 0.2) is 0 Å². The predicted molar refractivity (Wildman–Crippen MR) is 174 cm³/mol. The summed E-state index contributed by atoms with van der Waals surface area (Å²) in [6.45, 7) is 6.93. The van der Waals surface area contributed by atoms with Gasteiger partial charge in [0, 0.05) is 60.1 Å². The summed E-state index contributed by atoms with van der Waals surface area (Å²) in [6, 6.07) is 13.6. The first-order chi connectivity index (χ1) is 21.1. The number of fused-ring (bicyclic) bond motifs is 5. The van der Waals surface area contributed by atoms with Crippen LogP contribution in [0.2, 0.25) is 5.02 Å². The van der Waals surface area contributed by atoms with E-state index in [0.29, 0.717) is 17.4 Å². The number of aromatic nitrogens is 2. The molecule has 1 saturated heterocycles. The van der Waals surface area contributed by atoms with Gasteiger partial charge >= 0.3 is 0 Å². The Morgan fingerprint density at radius 2 is 1.98 bits per heavy atom. The second kappa shape index (κ2) is 12.2. The van der Waals surface area contributed by atoms with Crippen LogP contribution in [0, 0.1) is 0 Å². The molecule has 2 aromatic heterocycles. The predicted octanol–water partition coefficient (Wildman–Crippen LogP) is 5.76. The number of piperazine rings is 1. The number of nitrogens with one attached hydrogen (secondary N) is 2. The summed E-state index contributed by atoms with van der Waals surface area (Å²) in [5.41, 5.74) is 7.09. The molecule has 2 aliphatic heterocycles. The molecular weight excluding hydrogens is 582 g/mol. The fraction of sp³-hybridized carbons (Fsp3) is 0.375. The van der Waals surface area contributed by atoms with Crippen LogP contribution in [0.25, 0.3) is 10.4 Å². The van der Waals surface area contributed by atoms with E-state index in [1.807, 2.05) is 42.5 Å². The van der Waals surface area contributed by atoms with E-state index in [2.05, 4.69) is 38.4 Å². The van der Waals surface area contributed by atoms with Gasteiger partial charge in [-0.2, -0.15) is 5.10 Å². The molecule has 9 nitrogen and oxygen atoms in total. The number of hydrogen-bond donors (Lipinski definition) is 2. The Hall–Kier alpha value is -3.57. The molecule has 2 N–H and O–H groups in total. The van der Waals surface area contributed by atoms with Crippen molar-refractivity contribution < 1.29 is 9.47 Å². The Bertz CT molecular complexity index is 1640. The molecule has 0 bridgehead atoms. The van der Waals surface area contributed by atoms with Crippen molar-refractivity contribution >= 4 is 40.0 Å². The largest absolute Gasteiger partial charge is 0.497 e. The summed E-state index contributed by atoms with van der Waals surface area (Å²) in [5.74, 6) is 1.44. The summed E-state index contributed by atoms with van der Waals surface area (Å²) in [4.78, 5) is 11.0. The second-order valence-corrected chi connectivity index (χ2v) is 12.7. The van der Waals surface area contributed by atoms with E-state index in [1.54, 1.807) is 24.8 Å². The first-order valence-electron chi connectivity index (χ1n) is 14.8. The molecule has 224 valence electrons. The Kier molecular flexibility index (Phi) is 8.01. The summed E-state index contributed by atoms with van der Waals surface area (Å²) < 4.78 is 13.6. The third-order valence-corrected chi connectivity index (χ3v) is 10.0. The average Bonchev–Trinajstić information content (AvgIpc) is 3.62. The fourth-order valence-corrected chi connectivity index (χ4v) is 7.60. The van der Waals surface area contributed by atoms with Crippen LogP contribution >= 0.6 is 22.9 Å². The van der Waals surface area contributed by atoms with Crippen molar-refractivity contribution in [3.63, 3.8) is 0 Å². The Morgan fingerprint density at radius 1 is 1.09 bits per heavy atom. The maximum absolute atomic E-state index is 6.65. The van der Waals surface area contributed by atoms with Crippen molar-refractivity contribution in [3.8, 4) is 21.9 Å². The van der Waals surface area contributed by atoms with E-state index < -0.39 is 0 Å².